The Kier molecular flexibility index (Phi) is 6.15. The molecule has 1 atom stereocenters. The summed E-state index contributed by atoms with van der Waals surface area (Å²) in [5.41, 5.74) is 5.53. The van der Waals surface area contributed by atoms with Gasteiger partial charge in [0.2, 0.25) is 5.91 Å². The maximum Gasteiger partial charge on any atom is 0.226 e. The van der Waals surface area contributed by atoms with E-state index in [4.69, 9.17) is 5.73 Å². The van der Waals surface area contributed by atoms with E-state index in [9.17, 15) is 4.79 Å². The first-order valence-corrected chi connectivity index (χ1v) is 6.89. The van der Waals surface area contributed by atoms with E-state index in [1.807, 2.05) is 6.92 Å². The number of carbonyl (C=O) groups is 1. The highest BCUT2D eigenvalue weighted by Crippen LogP contribution is 2.18. The van der Waals surface area contributed by atoms with Crippen molar-refractivity contribution in [2.24, 2.45) is 11.7 Å². The summed E-state index contributed by atoms with van der Waals surface area (Å²) in [5, 5.41) is 3.52. The van der Waals surface area contributed by atoms with Crippen LogP contribution < -0.4 is 11.1 Å². The molecule has 17 heavy (non-hydrogen) atoms. The van der Waals surface area contributed by atoms with Crippen LogP contribution in [0.15, 0.2) is 6.20 Å². The number of nitrogens with one attached hydrogen (secondary N) is 1. The highest BCUT2D eigenvalue weighted by molar-refractivity contribution is 7.15. The molecule has 4 nitrogen and oxygen atoms in total. The molecule has 1 aromatic rings. The Morgan fingerprint density at radius 1 is 1.59 bits per heavy atom. The van der Waals surface area contributed by atoms with Crippen LogP contribution >= 0.6 is 11.3 Å². The number of amides is 1. The van der Waals surface area contributed by atoms with Crippen molar-refractivity contribution in [2.45, 2.75) is 39.5 Å². The molecule has 0 aliphatic rings. The third-order valence-electron chi connectivity index (χ3n) is 2.80. The number of thiazole rings is 1. The predicted octanol–water partition coefficient (Wildman–Crippen LogP) is 2.55. The van der Waals surface area contributed by atoms with Crippen LogP contribution in [0.4, 0.5) is 5.13 Å². The van der Waals surface area contributed by atoms with Crippen LogP contribution in [0, 0.1) is 12.8 Å². The quantitative estimate of drug-likeness (QED) is 0.786. The van der Waals surface area contributed by atoms with Crippen LogP contribution in [0.3, 0.4) is 0 Å². The topological polar surface area (TPSA) is 68.0 Å². The molecule has 5 heteroatoms. The molecule has 3 N–H and O–H groups in total. The van der Waals surface area contributed by atoms with E-state index in [0.717, 1.165) is 24.1 Å². The van der Waals surface area contributed by atoms with Gasteiger partial charge in [-0.2, -0.15) is 0 Å². The van der Waals surface area contributed by atoms with Crippen LogP contribution in [0.25, 0.3) is 0 Å². The molecule has 0 saturated carbocycles. The van der Waals surface area contributed by atoms with E-state index in [1.54, 1.807) is 6.20 Å². The van der Waals surface area contributed by atoms with Crippen molar-refractivity contribution in [3.05, 3.63) is 11.1 Å². The van der Waals surface area contributed by atoms with Gasteiger partial charge in [0.1, 0.15) is 0 Å². The second kappa shape index (κ2) is 7.40. The van der Waals surface area contributed by atoms with Gasteiger partial charge in [-0.1, -0.05) is 13.3 Å². The molecular formula is C12H21N3OS. The van der Waals surface area contributed by atoms with Crippen molar-refractivity contribution >= 4 is 22.4 Å². The van der Waals surface area contributed by atoms with E-state index in [1.165, 1.54) is 11.3 Å². The van der Waals surface area contributed by atoms with Gasteiger partial charge in [-0.25, -0.2) is 4.98 Å². The number of hydrogen-bond donors (Lipinski definition) is 2. The van der Waals surface area contributed by atoms with Gasteiger partial charge in [0, 0.05) is 17.5 Å². The van der Waals surface area contributed by atoms with Gasteiger partial charge < -0.3 is 11.1 Å². The van der Waals surface area contributed by atoms with E-state index in [-0.39, 0.29) is 5.91 Å². The Morgan fingerprint density at radius 3 is 2.88 bits per heavy atom. The smallest absolute Gasteiger partial charge is 0.226 e. The second-order valence-corrected chi connectivity index (χ2v) is 5.45. The van der Waals surface area contributed by atoms with E-state index < -0.39 is 0 Å². The third-order valence-corrected chi connectivity index (χ3v) is 3.63. The number of nitrogens with two attached hydrogens (primary N) is 1. The largest absolute Gasteiger partial charge is 0.330 e. The van der Waals surface area contributed by atoms with Crippen molar-refractivity contribution in [3.8, 4) is 0 Å². The molecule has 1 amide bonds. The van der Waals surface area contributed by atoms with Crippen molar-refractivity contribution in [1.29, 1.82) is 0 Å². The number of aromatic nitrogens is 1. The lowest BCUT2D eigenvalue weighted by atomic mass is 9.96. The lowest BCUT2D eigenvalue weighted by molar-refractivity contribution is -0.116. The molecule has 96 valence electrons. The van der Waals surface area contributed by atoms with Crippen molar-refractivity contribution < 1.29 is 4.79 Å². The van der Waals surface area contributed by atoms with Gasteiger partial charge in [0.25, 0.3) is 0 Å². The number of carbonyl (C=O) groups excluding carboxylic acids is 1. The summed E-state index contributed by atoms with van der Waals surface area (Å²) < 4.78 is 0. The zero-order valence-electron chi connectivity index (χ0n) is 10.5. The number of hydrogen-bond acceptors (Lipinski definition) is 4. The fourth-order valence-corrected chi connectivity index (χ4v) is 2.40. The van der Waals surface area contributed by atoms with E-state index >= 15 is 0 Å². The Hall–Kier alpha value is -0.940. The average Bonchev–Trinajstić information content (AvgIpc) is 2.70. The molecule has 0 aromatic carbocycles. The minimum atomic E-state index is 0.0508. The second-order valence-electron chi connectivity index (χ2n) is 4.21. The Balaban J connectivity index is 2.29. The molecule has 0 spiro atoms. The minimum absolute atomic E-state index is 0.0508. The highest BCUT2D eigenvalue weighted by atomic mass is 32.1. The standard InChI is InChI=1S/C12H21N3OS/c1-3-10(6-7-13)4-5-11(16)15-12-14-8-9(2)17-12/h8,10H,3-7,13H2,1-2H3,(H,14,15,16). The summed E-state index contributed by atoms with van der Waals surface area (Å²) in [6.45, 7) is 4.82. The molecular weight excluding hydrogens is 234 g/mol. The maximum absolute atomic E-state index is 11.7. The monoisotopic (exact) mass is 255 g/mol. The van der Waals surface area contributed by atoms with Gasteiger partial charge in [-0.05, 0) is 32.2 Å². The van der Waals surface area contributed by atoms with Gasteiger partial charge in [-0.3, -0.25) is 4.79 Å². The number of rotatable bonds is 7. The fraction of sp³-hybridized carbons (Fsp3) is 0.667. The molecule has 1 unspecified atom stereocenters. The van der Waals surface area contributed by atoms with Crippen molar-refractivity contribution in [1.82, 2.24) is 4.98 Å². The van der Waals surface area contributed by atoms with Crippen LogP contribution in [0.5, 0.6) is 0 Å². The first-order chi connectivity index (χ1) is 8.15. The summed E-state index contributed by atoms with van der Waals surface area (Å²) in [7, 11) is 0. The van der Waals surface area contributed by atoms with Gasteiger partial charge >= 0.3 is 0 Å². The fourth-order valence-electron chi connectivity index (χ4n) is 1.72. The lowest BCUT2D eigenvalue weighted by Crippen LogP contribution is -2.14. The molecule has 0 fully saturated rings. The molecule has 0 saturated heterocycles. The zero-order chi connectivity index (χ0) is 12.7. The number of anilines is 1. The zero-order valence-corrected chi connectivity index (χ0v) is 11.3. The lowest BCUT2D eigenvalue weighted by Gasteiger charge is -2.12. The summed E-state index contributed by atoms with van der Waals surface area (Å²) in [5.74, 6) is 0.610. The number of nitrogens with zero attached hydrogens (tertiary/aromatic N) is 1. The molecule has 0 aliphatic carbocycles. The predicted molar refractivity (Wildman–Crippen MR) is 72.2 cm³/mol. The summed E-state index contributed by atoms with van der Waals surface area (Å²) >= 11 is 1.50. The average molecular weight is 255 g/mol. The van der Waals surface area contributed by atoms with Crippen molar-refractivity contribution in [3.63, 3.8) is 0 Å². The third kappa shape index (κ3) is 5.28. The normalized spacial score (nSPS) is 12.4. The van der Waals surface area contributed by atoms with Crippen molar-refractivity contribution in [2.75, 3.05) is 11.9 Å². The van der Waals surface area contributed by atoms with Gasteiger partial charge in [-0.15, -0.1) is 11.3 Å². The summed E-state index contributed by atoms with van der Waals surface area (Å²) in [6.07, 6.45) is 5.31. The number of aryl methyl sites for hydroxylation is 1. The Bertz CT molecular complexity index is 351. The maximum atomic E-state index is 11.7. The van der Waals surface area contributed by atoms with Gasteiger partial charge in [0.15, 0.2) is 5.13 Å². The molecule has 0 radical (unpaired) electrons. The van der Waals surface area contributed by atoms with Crippen LogP contribution in [-0.2, 0) is 4.79 Å². The summed E-state index contributed by atoms with van der Waals surface area (Å²) in [6, 6.07) is 0. The minimum Gasteiger partial charge on any atom is -0.330 e. The Morgan fingerprint density at radius 2 is 2.35 bits per heavy atom. The molecule has 1 heterocycles. The van der Waals surface area contributed by atoms with E-state index in [2.05, 4.69) is 17.2 Å². The Labute approximate surface area is 107 Å². The summed E-state index contributed by atoms with van der Waals surface area (Å²) in [4.78, 5) is 16.9. The highest BCUT2D eigenvalue weighted by Gasteiger charge is 2.10. The molecule has 0 aliphatic heterocycles. The molecule has 0 bridgehead atoms. The van der Waals surface area contributed by atoms with Crippen LogP contribution in [-0.4, -0.2) is 17.4 Å². The molecule has 1 rings (SSSR count). The first kappa shape index (κ1) is 14.1. The van der Waals surface area contributed by atoms with E-state index in [0.29, 0.717) is 24.0 Å². The SMILES string of the molecule is CCC(CCN)CCC(=O)Nc1ncc(C)s1. The first-order valence-electron chi connectivity index (χ1n) is 6.08. The van der Waals surface area contributed by atoms with Crippen LogP contribution in [0.1, 0.15) is 37.5 Å². The molecule has 1 aromatic heterocycles. The van der Waals surface area contributed by atoms with Gasteiger partial charge in [0.05, 0.1) is 0 Å². The van der Waals surface area contributed by atoms with Crippen LogP contribution in [0.2, 0.25) is 0 Å².